The van der Waals surface area contributed by atoms with Crippen LogP contribution in [-0.2, 0) is 16.0 Å². The number of unbranched alkanes of at least 4 members (excludes halogenated alkanes) is 1. The molecule has 0 aromatic heterocycles. The topological polar surface area (TPSA) is 41.6 Å². The lowest BCUT2D eigenvalue weighted by molar-refractivity contribution is -0.116. The van der Waals surface area contributed by atoms with Gasteiger partial charge in [0.15, 0.2) is 0 Å². The third-order valence-electron chi connectivity index (χ3n) is 4.49. The maximum absolute atomic E-state index is 12.3. The van der Waals surface area contributed by atoms with Crippen LogP contribution in [0.2, 0.25) is 0 Å². The molecule has 1 aliphatic heterocycles. The highest BCUT2D eigenvalue weighted by Gasteiger charge is 2.15. The maximum Gasteiger partial charge on any atom is 0.224 e. The van der Waals surface area contributed by atoms with Crippen LogP contribution in [0.15, 0.2) is 54.6 Å². The lowest BCUT2D eigenvalue weighted by Crippen LogP contribution is -2.36. The van der Waals surface area contributed by atoms with Crippen molar-refractivity contribution in [3.05, 3.63) is 60.2 Å². The molecular formula is C21H26N2O2. The Morgan fingerprint density at radius 2 is 1.68 bits per heavy atom. The smallest absolute Gasteiger partial charge is 0.224 e. The average molecular weight is 338 g/mol. The van der Waals surface area contributed by atoms with Crippen molar-refractivity contribution in [2.75, 3.05) is 36.5 Å². The lowest BCUT2D eigenvalue weighted by atomic mass is 10.1. The zero-order valence-electron chi connectivity index (χ0n) is 14.6. The largest absolute Gasteiger partial charge is 0.378 e. The molecule has 25 heavy (non-hydrogen) atoms. The Morgan fingerprint density at radius 1 is 0.960 bits per heavy atom. The van der Waals surface area contributed by atoms with E-state index in [4.69, 9.17) is 4.74 Å². The lowest BCUT2D eigenvalue weighted by Gasteiger charge is -2.30. The summed E-state index contributed by atoms with van der Waals surface area (Å²) in [6.07, 6.45) is 3.52. The van der Waals surface area contributed by atoms with Gasteiger partial charge in [0.05, 0.1) is 24.6 Å². The second kappa shape index (κ2) is 9.23. The van der Waals surface area contributed by atoms with Crippen LogP contribution < -0.4 is 10.2 Å². The Bertz CT molecular complexity index is 667. The van der Waals surface area contributed by atoms with E-state index < -0.39 is 0 Å². The Balaban J connectivity index is 1.47. The van der Waals surface area contributed by atoms with Crippen LogP contribution in [0.4, 0.5) is 11.4 Å². The van der Waals surface area contributed by atoms with Crippen molar-refractivity contribution in [3.8, 4) is 0 Å². The Hall–Kier alpha value is -2.33. The standard InChI is InChI=1S/C21H26N2O2/c24-21(13-7-4-10-18-8-2-1-3-9-18)22-19-11-5-6-12-20(19)23-14-16-25-17-15-23/h1-3,5-6,8-9,11-12H,4,7,10,13-17H2,(H,22,24). The fourth-order valence-electron chi connectivity index (χ4n) is 3.13. The van der Waals surface area contributed by atoms with Crippen molar-refractivity contribution in [1.29, 1.82) is 0 Å². The molecule has 0 aliphatic carbocycles. The van der Waals surface area contributed by atoms with Gasteiger partial charge < -0.3 is 15.0 Å². The Kier molecular flexibility index (Phi) is 6.46. The molecule has 4 heteroatoms. The fraction of sp³-hybridized carbons (Fsp3) is 0.381. The fourth-order valence-corrected chi connectivity index (χ4v) is 3.13. The van der Waals surface area contributed by atoms with Gasteiger partial charge in [-0.15, -0.1) is 0 Å². The zero-order chi connectivity index (χ0) is 17.3. The Labute approximate surface area is 149 Å². The van der Waals surface area contributed by atoms with Crippen molar-refractivity contribution in [1.82, 2.24) is 0 Å². The molecular weight excluding hydrogens is 312 g/mol. The van der Waals surface area contributed by atoms with E-state index in [9.17, 15) is 4.79 Å². The summed E-state index contributed by atoms with van der Waals surface area (Å²) in [5.74, 6) is 0.0915. The molecule has 0 bridgehead atoms. The predicted molar refractivity (Wildman–Crippen MR) is 102 cm³/mol. The summed E-state index contributed by atoms with van der Waals surface area (Å²) in [5.41, 5.74) is 3.32. The Morgan fingerprint density at radius 3 is 2.48 bits per heavy atom. The number of hydrogen-bond donors (Lipinski definition) is 1. The summed E-state index contributed by atoms with van der Waals surface area (Å²) >= 11 is 0. The molecule has 1 aliphatic rings. The van der Waals surface area contributed by atoms with E-state index in [1.54, 1.807) is 0 Å². The number of hydrogen-bond acceptors (Lipinski definition) is 3. The summed E-state index contributed by atoms with van der Waals surface area (Å²) < 4.78 is 5.42. The second-order valence-corrected chi connectivity index (χ2v) is 6.36. The monoisotopic (exact) mass is 338 g/mol. The molecule has 1 fully saturated rings. The number of carbonyl (C=O) groups excluding carboxylic acids is 1. The number of rotatable bonds is 7. The molecule has 0 spiro atoms. The first-order chi connectivity index (χ1) is 12.3. The second-order valence-electron chi connectivity index (χ2n) is 6.36. The van der Waals surface area contributed by atoms with Crippen LogP contribution in [0, 0.1) is 0 Å². The number of nitrogens with zero attached hydrogens (tertiary/aromatic N) is 1. The van der Waals surface area contributed by atoms with Gasteiger partial charge in [0.25, 0.3) is 0 Å². The van der Waals surface area contributed by atoms with Gasteiger partial charge in [-0.25, -0.2) is 0 Å². The maximum atomic E-state index is 12.3. The summed E-state index contributed by atoms with van der Waals surface area (Å²) in [5, 5.41) is 3.09. The summed E-state index contributed by atoms with van der Waals surface area (Å²) in [6.45, 7) is 3.21. The summed E-state index contributed by atoms with van der Waals surface area (Å²) in [4.78, 5) is 14.6. The predicted octanol–water partition coefficient (Wildman–Crippen LogP) is 3.87. The summed E-state index contributed by atoms with van der Waals surface area (Å²) in [7, 11) is 0. The number of aryl methyl sites for hydroxylation is 1. The van der Waals surface area contributed by atoms with Gasteiger partial charge in [-0.3, -0.25) is 4.79 Å². The minimum Gasteiger partial charge on any atom is -0.378 e. The van der Waals surface area contributed by atoms with Crippen LogP contribution in [-0.4, -0.2) is 32.2 Å². The van der Waals surface area contributed by atoms with E-state index in [0.717, 1.165) is 56.9 Å². The van der Waals surface area contributed by atoms with Crippen LogP contribution in [0.5, 0.6) is 0 Å². The van der Waals surface area contributed by atoms with Gasteiger partial charge in [0.2, 0.25) is 5.91 Å². The van der Waals surface area contributed by atoms with E-state index >= 15 is 0 Å². The molecule has 0 saturated carbocycles. The van der Waals surface area contributed by atoms with Gasteiger partial charge in [-0.2, -0.15) is 0 Å². The third-order valence-corrected chi connectivity index (χ3v) is 4.49. The average Bonchev–Trinajstić information content (AvgIpc) is 2.67. The minimum absolute atomic E-state index is 0.0915. The van der Waals surface area contributed by atoms with Crippen LogP contribution >= 0.6 is 0 Å². The number of nitrogens with one attached hydrogen (secondary N) is 1. The molecule has 2 aromatic rings. The number of anilines is 2. The van der Waals surface area contributed by atoms with Crippen molar-refractivity contribution >= 4 is 17.3 Å². The van der Waals surface area contributed by atoms with Gasteiger partial charge in [-0.1, -0.05) is 42.5 Å². The first-order valence-corrected chi connectivity index (χ1v) is 9.08. The van der Waals surface area contributed by atoms with Crippen molar-refractivity contribution < 1.29 is 9.53 Å². The highest BCUT2D eigenvalue weighted by atomic mass is 16.5. The quantitative estimate of drug-likeness (QED) is 0.779. The van der Waals surface area contributed by atoms with E-state index in [0.29, 0.717) is 6.42 Å². The zero-order valence-corrected chi connectivity index (χ0v) is 14.6. The number of amides is 1. The van der Waals surface area contributed by atoms with Gasteiger partial charge in [0.1, 0.15) is 0 Å². The molecule has 1 heterocycles. The number of benzene rings is 2. The first kappa shape index (κ1) is 17.5. The molecule has 4 nitrogen and oxygen atoms in total. The third kappa shape index (κ3) is 5.33. The van der Waals surface area contributed by atoms with E-state index in [1.165, 1.54) is 5.56 Å². The molecule has 1 N–H and O–H groups in total. The van der Waals surface area contributed by atoms with Gasteiger partial charge in [0, 0.05) is 19.5 Å². The molecule has 3 rings (SSSR count). The number of morpholine rings is 1. The number of carbonyl (C=O) groups is 1. The van der Waals surface area contributed by atoms with E-state index in [1.807, 2.05) is 24.3 Å². The number of para-hydroxylation sites is 2. The van der Waals surface area contributed by atoms with Crippen LogP contribution in [0.25, 0.3) is 0 Å². The van der Waals surface area contributed by atoms with Crippen molar-refractivity contribution in [3.63, 3.8) is 0 Å². The van der Waals surface area contributed by atoms with E-state index in [-0.39, 0.29) is 5.91 Å². The van der Waals surface area contributed by atoms with Crippen LogP contribution in [0.1, 0.15) is 24.8 Å². The highest BCUT2D eigenvalue weighted by molar-refractivity contribution is 5.94. The molecule has 0 radical (unpaired) electrons. The minimum atomic E-state index is 0.0915. The van der Waals surface area contributed by atoms with Crippen molar-refractivity contribution in [2.45, 2.75) is 25.7 Å². The van der Waals surface area contributed by atoms with E-state index in [2.05, 4.69) is 40.5 Å². The highest BCUT2D eigenvalue weighted by Crippen LogP contribution is 2.26. The SMILES string of the molecule is O=C(CCCCc1ccccc1)Nc1ccccc1N1CCOCC1. The molecule has 2 aromatic carbocycles. The van der Waals surface area contributed by atoms with Crippen molar-refractivity contribution in [2.24, 2.45) is 0 Å². The molecule has 0 unspecified atom stereocenters. The van der Waals surface area contributed by atoms with Gasteiger partial charge >= 0.3 is 0 Å². The molecule has 1 amide bonds. The van der Waals surface area contributed by atoms with Crippen LogP contribution in [0.3, 0.4) is 0 Å². The number of ether oxygens (including phenoxy) is 1. The summed E-state index contributed by atoms with van der Waals surface area (Å²) in [6, 6.07) is 18.5. The molecule has 132 valence electrons. The van der Waals surface area contributed by atoms with Gasteiger partial charge in [-0.05, 0) is 37.0 Å². The molecule has 1 saturated heterocycles. The normalized spacial score (nSPS) is 14.3. The molecule has 0 atom stereocenters. The first-order valence-electron chi connectivity index (χ1n) is 9.08.